The summed E-state index contributed by atoms with van der Waals surface area (Å²) in [4.78, 5) is 0. The first-order valence-corrected chi connectivity index (χ1v) is 2.32. The van der Waals surface area contributed by atoms with Gasteiger partial charge >= 0.3 is 0 Å². The molecule has 0 aliphatic rings. The molecule has 8 heavy (non-hydrogen) atoms. The molecule has 0 aliphatic heterocycles. The molecule has 0 bridgehead atoms. The molecule has 0 aromatic heterocycles. The molecule has 0 atom stereocenters. The van der Waals surface area contributed by atoms with Crippen molar-refractivity contribution in [3.63, 3.8) is 0 Å². The summed E-state index contributed by atoms with van der Waals surface area (Å²) < 4.78 is 0. The maximum atomic E-state index is 2.96. The third-order valence-corrected chi connectivity index (χ3v) is 0.863. The van der Waals surface area contributed by atoms with Crippen LogP contribution in [0.2, 0.25) is 0 Å². The largest absolute Gasteiger partial charge is 0.184 e. The van der Waals surface area contributed by atoms with E-state index in [2.05, 4.69) is 19.1 Å². The van der Waals surface area contributed by atoms with Crippen molar-refractivity contribution in [1.29, 1.82) is 0 Å². The molecular formula is C7H7Fm-. The Kier molecular flexibility index (Phi) is 1.87. The first-order chi connectivity index (χ1) is 3.39. The Labute approximate surface area is 43.8 Å². The molecule has 0 radical (unpaired) electrons. The topological polar surface area (TPSA) is 0 Å². The van der Waals surface area contributed by atoms with Gasteiger partial charge in [-0.05, 0) is 0 Å². The molecule has 1 aromatic carbocycles. The summed E-state index contributed by atoms with van der Waals surface area (Å²) in [5.41, 5.74) is 1.27. The molecule has 0 amide bonds. The van der Waals surface area contributed by atoms with Gasteiger partial charge < -0.3 is 0 Å². The molecule has 0 fully saturated rings. The second-order valence-corrected chi connectivity index (χ2v) is 1.58. The van der Waals surface area contributed by atoms with Gasteiger partial charge in [-0.1, -0.05) is 6.92 Å². The molecule has 1 aromatic rings. The smallest absolute Gasteiger partial charge is 0 e. The third kappa shape index (κ3) is 1.13. The maximum absolute atomic E-state index is 2.96. The summed E-state index contributed by atoms with van der Waals surface area (Å²) in [6.07, 6.45) is 0. The van der Waals surface area contributed by atoms with E-state index in [1.807, 2.05) is 18.2 Å². The standard InChI is InChI=1S/C7H7.Fm/c1-7-5-3-2-4-6-7;/h2-3,5-6H,1H3;/q-1;. The molecule has 0 N–H and O–H groups in total. The van der Waals surface area contributed by atoms with E-state index in [0.29, 0.717) is 0 Å². The Hall–Kier alpha value is -1.78. The van der Waals surface area contributed by atoms with Crippen LogP contribution in [0.25, 0.3) is 0 Å². The summed E-state index contributed by atoms with van der Waals surface area (Å²) >= 11 is 0. The monoisotopic (exact) mass is 348 g/mol. The van der Waals surface area contributed by atoms with Crippen LogP contribution in [0.4, 0.5) is 0 Å². The summed E-state index contributed by atoms with van der Waals surface area (Å²) in [5, 5.41) is 0. The number of hydrogen-bond acceptors (Lipinski definition) is 0. The average Bonchev–Trinajstić information content (AvgIpc) is 1.69. The average molecular weight is 348 g/mol. The van der Waals surface area contributed by atoms with Crippen molar-refractivity contribution >= 4 is 0 Å². The molecule has 0 spiro atoms. The van der Waals surface area contributed by atoms with Crippen molar-refractivity contribution in [3.8, 4) is 0 Å². The van der Waals surface area contributed by atoms with E-state index in [1.165, 1.54) is 5.56 Å². The van der Waals surface area contributed by atoms with Gasteiger partial charge in [0.25, 0.3) is 0 Å². The zero-order valence-electron chi connectivity index (χ0n) is 4.60. The second-order valence-electron chi connectivity index (χ2n) is 1.58. The Bertz CT molecular complexity index is 134. The number of benzene rings is 1. The van der Waals surface area contributed by atoms with Crippen LogP contribution < -0.4 is 0 Å². The summed E-state index contributed by atoms with van der Waals surface area (Å²) in [5.74, 6) is 0. The van der Waals surface area contributed by atoms with Gasteiger partial charge in [0.05, 0.1) is 0 Å². The fourth-order valence-corrected chi connectivity index (χ4v) is 0.483. The van der Waals surface area contributed by atoms with Gasteiger partial charge in [-0.25, -0.2) is 0 Å². The predicted octanol–water partition coefficient (Wildman–Crippen LogP) is 1.80. The minimum Gasteiger partial charge on any atom is -0.184 e. The molecule has 0 heterocycles. The SMILES string of the molecule is Cc1c[c-]ccc1.[Fm]. The number of rotatable bonds is 0. The molecule has 0 unspecified atom stereocenters. The maximum Gasteiger partial charge on any atom is 0 e. The predicted molar refractivity (Wildman–Crippen MR) is 30.0 cm³/mol. The molecule has 48 valence electrons. The van der Waals surface area contributed by atoms with Crippen LogP contribution in [-0.4, -0.2) is 0 Å². The van der Waals surface area contributed by atoms with Crippen LogP contribution in [0.5, 0.6) is 0 Å². The van der Waals surface area contributed by atoms with Gasteiger partial charge in [-0.15, -0.1) is 0 Å². The zero-order valence-corrected chi connectivity index (χ0v) is 7.00. The Morgan fingerprint density at radius 1 is 1.50 bits per heavy atom. The van der Waals surface area contributed by atoms with Gasteiger partial charge in [0.15, 0.2) is 0 Å². The van der Waals surface area contributed by atoms with Crippen LogP contribution in [0.15, 0.2) is 24.3 Å². The van der Waals surface area contributed by atoms with Gasteiger partial charge in [0, 0.05) is 0 Å². The minimum atomic E-state index is 0. The number of hydrogen-bond donors (Lipinski definition) is 0. The molecule has 1 rings (SSSR count). The van der Waals surface area contributed by atoms with E-state index in [9.17, 15) is 0 Å². The van der Waals surface area contributed by atoms with Gasteiger partial charge in [-0.2, -0.15) is 35.9 Å². The first kappa shape index (κ1) is 6.22. The molecule has 0 saturated carbocycles. The van der Waals surface area contributed by atoms with Crippen LogP contribution in [-0.2, 0) is 0 Å². The van der Waals surface area contributed by atoms with Crippen molar-refractivity contribution < 1.29 is 0 Å². The van der Waals surface area contributed by atoms with Crippen LogP contribution >= 0.6 is 0 Å². The van der Waals surface area contributed by atoms with Crippen molar-refractivity contribution in [3.05, 3.63) is 35.9 Å². The normalized spacial score (nSPS) is 7.62. The van der Waals surface area contributed by atoms with Gasteiger partial charge in [0.2, 0.25) is 0 Å². The fraction of sp³-hybridized carbons (Fsp3) is 0.143. The quantitative estimate of drug-likeness (QED) is 0.628. The van der Waals surface area contributed by atoms with E-state index >= 15 is 0 Å². The molecule has 0 aliphatic carbocycles. The Morgan fingerprint density at radius 3 is 2.50 bits per heavy atom. The van der Waals surface area contributed by atoms with Gasteiger partial charge in [0.1, 0.15) is 0 Å². The third-order valence-electron chi connectivity index (χ3n) is 0.863. The van der Waals surface area contributed by atoms with Gasteiger partial charge in [-0.3, -0.25) is 0 Å². The molecule has 0 saturated heterocycles. The van der Waals surface area contributed by atoms with E-state index in [1.54, 1.807) is 0 Å². The summed E-state index contributed by atoms with van der Waals surface area (Å²) in [6, 6.07) is 10.8. The van der Waals surface area contributed by atoms with Crippen LogP contribution in [0.1, 0.15) is 5.56 Å². The Morgan fingerprint density at radius 2 is 2.25 bits per heavy atom. The first-order valence-electron chi connectivity index (χ1n) is 2.32. The fourth-order valence-electron chi connectivity index (χ4n) is 0.483. The van der Waals surface area contributed by atoms with Crippen molar-refractivity contribution in [2.45, 2.75) is 6.92 Å². The van der Waals surface area contributed by atoms with E-state index < -0.39 is 0 Å². The number of aryl methyl sites for hydroxylation is 1. The molecular weight excluding hydrogens is 341 g/mol. The second kappa shape index (κ2) is 2.40. The summed E-state index contributed by atoms with van der Waals surface area (Å²) in [7, 11) is 0. The van der Waals surface area contributed by atoms with E-state index in [4.69, 9.17) is 0 Å². The van der Waals surface area contributed by atoms with Crippen molar-refractivity contribution in [2.75, 3.05) is 0 Å². The van der Waals surface area contributed by atoms with Crippen LogP contribution in [0, 0.1) is 13.0 Å². The van der Waals surface area contributed by atoms with Crippen molar-refractivity contribution in [2.24, 2.45) is 0 Å². The minimum absolute atomic E-state index is 0. The Balaban J connectivity index is 0.000000490. The zero-order chi connectivity index (χ0) is 5.11. The molecule has 0 nitrogen and oxygen atoms in total. The van der Waals surface area contributed by atoms with E-state index in [0.717, 1.165) is 0 Å². The van der Waals surface area contributed by atoms with Crippen molar-refractivity contribution in [1.82, 2.24) is 0 Å². The molecule has 1 heteroatoms. The van der Waals surface area contributed by atoms with Crippen LogP contribution in [0.3, 0.4) is 0 Å². The van der Waals surface area contributed by atoms with E-state index in [-0.39, 0.29) is 0 Å². The summed E-state index contributed by atoms with van der Waals surface area (Å²) in [6.45, 7) is 2.05.